The number of rotatable bonds is 2. The minimum absolute atomic E-state index is 0.320. The lowest BCUT2D eigenvalue weighted by Crippen LogP contribution is -2.38. The monoisotopic (exact) mass is 265 g/mol. The first-order valence-electron chi connectivity index (χ1n) is 7.71. The van der Waals surface area contributed by atoms with Crippen LogP contribution in [-0.4, -0.2) is 0 Å². The third-order valence-corrected chi connectivity index (χ3v) is 4.64. The first-order valence-corrected chi connectivity index (χ1v) is 7.71. The molecular weight excluding hydrogens is 242 g/mol. The zero-order valence-corrected chi connectivity index (χ0v) is 12.2. The molecule has 1 atom stereocenters. The molecule has 1 unspecified atom stereocenters. The van der Waals surface area contributed by atoms with E-state index in [2.05, 4.69) is 55.5 Å². The zero-order chi connectivity index (χ0) is 14.0. The van der Waals surface area contributed by atoms with Gasteiger partial charge >= 0.3 is 0 Å². The Labute approximate surface area is 121 Å². The molecule has 0 bridgehead atoms. The average Bonchev–Trinajstić information content (AvgIpc) is 2.68. The van der Waals surface area contributed by atoms with Crippen LogP contribution in [0.5, 0.6) is 0 Å². The van der Waals surface area contributed by atoms with Crippen molar-refractivity contribution < 1.29 is 0 Å². The summed E-state index contributed by atoms with van der Waals surface area (Å²) in [5.41, 5.74) is 11.9. The van der Waals surface area contributed by atoms with Crippen LogP contribution in [-0.2, 0) is 18.4 Å². The van der Waals surface area contributed by atoms with Crippen molar-refractivity contribution in [1.29, 1.82) is 0 Å². The van der Waals surface area contributed by atoms with E-state index in [0.29, 0.717) is 0 Å². The molecular formula is C19H23N. The highest BCUT2D eigenvalue weighted by Gasteiger charge is 2.32. The molecule has 0 amide bonds. The minimum Gasteiger partial charge on any atom is -0.318 e. The van der Waals surface area contributed by atoms with Gasteiger partial charge in [0.15, 0.2) is 0 Å². The van der Waals surface area contributed by atoms with Crippen LogP contribution >= 0.6 is 0 Å². The number of aryl methyl sites for hydroxylation is 2. The highest BCUT2D eigenvalue weighted by molar-refractivity contribution is 5.44. The fourth-order valence-corrected chi connectivity index (χ4v) is 3.37. The topological polar surface area (TPSA) is 26.0 Å². The Morgan fingerprint density at radius 3 is 2.50 bits per heavy atom. The maximum absolute atomic E-state index is 6.88. The lowest BCUT2D eigenvalue weighted by atomic mass is 9.79. The van der Waals surface area contributed by atoms with Crippen molar-refractivity contribution in [3.05, 3.63) is 70.8 Å². The first-order chi connectivity index (χ1) is 9.74. The van der Waals surface area contributed by atoms with Crippen molar-refractivity contribution in [3.63, 3.8) is 0 Å². The maximum Gasteiger partial charge on any atom is 0.0668 e. The summed E-state index contributed by atoms with van der Waals surface area (Å²) in [5.74, 6) is 0. The molecule has 1 aliphatic rings. The van der Waals surface area contributed by atoms with Crippen LogP contribution in [0.1, 0.15) is 48.4 Å². The fraction of sp³-hybridized carbons (Fsp3) is 0.368. The van der Waals surface area contributed by atoms with E-state index < -0.39 is 0 Å². The molecule has 0 aliphatic heterocycles. The largest absolute Gasteiger partial charge is 0.318 e. The van der Waals surface area contributed by atoms with Gasteiger partial charge in [-0.15, -0.1) is 0 Å². The van der Waals surface area contributed by atoms with Gasteiger partial charge in [0.25, 0.3) is 0 Å². The van der Waals surface area contributed by atoms with Crippen LogP contribution in [0, 0.1) is 0 Å². The molecule has 0 saturated heterocycles. The smallest absolute Gasteiger partial charge is 0.0668 e. The quantitative estimate of drug-likeness (QED) is 0.810. The fourth-order valence-electron chi connectivity index (χ4n) is 3.37. The second-order valence-electron chi connectivity index (χ2n) is 5.89. The summed E-state index contributed by atoms with van der Waals surface area (Å²) in [4.78, 5) is 0. The van der Waals surface area contributed by atoms with E-state index in [1.54, 1.807) is 0 Å². The summed E-state index contributed by atoms with van der Waals surface area (Å²) >= 11 is 0. The first kappa shape index (κ1) is 13.4. The lowest BCUT2D eigenvalue weighted by molar-refractivity contribution is 0.479. The molecule has 1 heteroatoms. The van der Waals surface area contributed by atoms with Crippen molar-refractivity contribution in [2.45, 2.75) is 44.6 Å². The van der Waals surface area contributed by atoms with Gasteiger partial charge in [0.1, 0.15) is 0 Å². The van der Waals surface area contributed by atoms with E-state index in [1.165, 1.54) is 35.1 Å². The predicted molar refractivity (Wildman–Crippen MR) is 84.8 cm³/mol. The van der Waals surface area contributed by atoms with Crippen molar-refractivity contribution in [2.24, 2.45) is 5.73 Å². The molecule has 1 aliphatic carbocycles. The number of fused-ring (bicyclic) bond motifs is 1. The summed E-state index contributed by atoms with van der Waals surface area (Å²) in [6.45, 7) is 2.19. The normalized spacial score (nSPS) is 22.1. The lowest BCUT2D eigenvalue weighted by Gasteiger charge is -2.31. The predicted octanol–water partition coefficient (Wildman–Crippen LogP) is 4.18. The van der Waals surface area contributed by atoms with Gasteiger partial charge in [-0.1, -0.05) is 61.9 Å². The molecule has 2 N–H and O–H groups in total. The summed E-state index contributed by atoms with van der Waals surface area (Å²) in [6.07, 6.45) is 5.70. The van der Waals surface area contributed by atoms with Crippen molar-refractivity contribution in [3.8, 4) is 0 Å². The van der Waals surface area contributed by atoms with Crippen molar-refractivity contribution in [1.82, 2.24) is 0 Å². The summed E-state index contributed by atoms with van der Waals surface area (Å²) in [5, 5.41) is 0. The molecule has 2 aromatic rings. The molecule has 0 fully saturated rings. The van der Waals surface area contributed by atoms with Crippen molar-refractivity contribution >= 4 is 0 Å². The Kier molecular flexibility index (Phi) is 3.62. The second-order valence-corrected chi connectivity index (χ2v) is 5.89. The molecule has 0 saturated carbocycles. The van der Waals surface area contributed by atoms with E-state index in [4.69, 9.17) is 5.73 Å². The number of nitrogens with two attached hydrogens (primary N) is 1. The summed E-state index contributed by atoms with van der Waals surface area (Å²) < 4.78 is 0. The molecule has 20 heavy (non-hydrogen) atoms. The summed E-state index contributed by atoms with van der Waals surface area (Å²) in [6, 6.07) is 17.6. The van der Waals surface area contributed by atoms with E-state index in [9.17, 15) is 0 Å². The Bertz CT molecular complexity index is 585. The van der Waals surface area contributed by atoms with E-state index in [1.807, 2.05) is 0 Å². The van der Waals surface area contributed by atoms with Gasteiger partial charge in [0.2, 0.25) is 0 Å². The van der Waals surface area contributed by atoms with Crippen molar-refractivity contribution in [2.75, 3.05) is 0 Å². The maximum atomic E-state index is 6.88. The third-order valence-electron chi connectivity index (χ3n) is 4.64. The molecule has 3 rings (SSSR count). The highest BCUT2D eigenvalue weighted by Crippen LogP contribution is 2.37. The van der Waals surface area contributed by atoms with Crippen LogP contribution in [0.3, 0.4) is 0 Å². The zero-order valence-electron chi connectivity index (χ0n) is 12.2. The molecule has 2 aromatic carbocycles. The molecule has 0 radical (unpaired) electrons. The molecule has 0 spiro atoms. The van der Waals surface area contributed by atoms with Crippen LogP contribution in [0.2, 0.25) is 0 Å². The Morgan fingerprint density at radius 1 is 1.00 bits per heavy atom. The Balaban J connectivity index is 2.09. The SMILES string of the molecule is CCc1ccc(C2(N)CCCCc3ccccc32)cc1. The molecule has 0 heterocycles. The van der Waals surface area contributed by atoms with Gasteiger partial charge in [-0.05, 0) is 47.9 Å². The van der Waals surface area contributed by atoms with Gasteiger partial charge < -0.3 is 5.73 Å². The number of hydrogen-bond acceptors (Lipinski definition) is 1. The molecule has 1 nitrogen and oxygen atoms in total. The van der Waals surface area contributed by atoms with Crippen LogP contribution in [0.15, 0.2) is 48.5 Å². The van der Waals surface area contributed by atoms with Gasteiger partial charge in [-0.2, -0.15) is 0 Å². The minimum atomic E-state index is -0.320. The van der Waals surface area contributed by atoms with Crippen LogP contribution in [0.25, 0.3) is 0 Å². The molecule has 0 aromatic heterocycles. The number of hydrogen-bond donors (Lipinski definition) is 1. The summed E-state index contributed by atoms with van der Waals surface area (Å²) in [7, 11) is 0. The van der Waals surface area contributed by atoms with E-state index in [-0.39, 0.29) is 5.54 Å². The second kappa shape index (κ2) is 5.41. The number of benzene rings is 2. The standard InChI is InChI=1S/C19H23N/c1-2-15-10-12-17(13-11-15)19(20)14-6-5-8-16-7-3-4-9-18(16)19/h3-4,7,9-13H,2,5-6,8,14,20H2,1H3. The van der Waals surface area contributed by atoms with E-state index in [0.717, 1.165) is 19.3 Å². The van der Waals surface area contributed by atoms with Gasteiger partial charge in [-0.3, -0.25) is 0 Å². The molecule has 104 valence electrons. The van der Waals surface area contributed by atoms with E-state index >= 15 is 0 Å². The average molecular weight is 265 g/mol. The van der Waals surface area contributed by atoms with Gasteiger partial charge in [-0.25, -0.2) is 0 Å². The Hall–Kier alpha value is -1.60. The van der Waals surface area contributed by atoms with Crippen LogP contribution < -0.4 is 5.73 Å². The van der Waals surface area contributed by atoms with Crippen LogP contribution in [0.4, 0.5) is 0 Å². The Morgan fingerprint density at radius 2 is 1.75 bits per heavy atom. The third kappa shape index (κ3) is 2.27. The van der Waals surface area contributed by atoms with Gasteiger partial charge in [0.05, 0.1) is 5.54 Å². The highest BCUT2D eigenvalue weighted by atomic mass is 14.7. The van der Waals surface area contributed by atoms with Gasteiger partial charge in [0, 0.05) is 0 Å².